The molecule has 0 N–H and O–H groups in total. The van der Waals surface area contributed by atoms with Crippen LogP contribution in [-0.4, -0.2) is 18.8 Å². The van der Waals surface area contributed by atoms with E-state index in [2.05, 4.69) is 12.6 Å². The number of hydrogen-bond acceptors (Lipinski definition) is 4. The molecule has 0 radical (unpaired) electrons. The molecule has 20 heavy (non-hydrogen) atoms. The summed E-state index contributed by atoms with van der Waals surface area (Å²) in [5.74, 6) is 1.73. The maximum absolute atomic E-state index is 11.8. The first kappa shape index (κ1) is 14.5. The molecule has 5 heteroatoms. The van der Waals surface area contributed by atoms with E-state index in [1.165, 1.54) is 0 Å². The highest BCUT2D eigenvalue weighted by molar-refractivity contribution is 7.79. The minimum Gasteiger partial charge on any atom is -0.493 e. The number of hydrogen-bond donors (Lipinski definition) is 1. The third-order valence-corrected chi connectivity index (χ3v) is 3.48. The van der Waals surface area contributed by atoms with Gasteiger partial charge in [0.25, 0.3) is 0 Å². The molecule has 0 saturated heterocycles. The van der Waals surface area contributed by atoms with Crippen molar-refractivity contribution < 1.29 is 9.47 Å². The van der Waals surface area contributed by atoms with Crippen LogP contribution in [0.2, 0.25) is 0 Å². The molecule has 106 valence electrons. The molecule has 0 atom stereocenters. The standard InChI is InChI=1S/C15H17NO3S/c1-10-6-13(17)11(9-20)8-16(10)12-4-5-14(18-2)15(7-12)19-3/h4-8,20H,9H2,1-3H3. The first-order chi connectivity index (χ1) is 9.60. The third-order valence-electron chi connectivity index (χ3n) is 3.14. The summed E-state index contributed by atoms with van der Waals surface area (Å²) in [6.07, 6.45) is 1.81. The summed E-state index contributed by atoms with van der Waals surface area (Å²) >= 11 is 4.19. The number of thiol groups is 1. The van der Waals surface area contributed by atoms with Crippen LogP contribution >= 0.6 is 12.6 Å². The van der Waals surface area contributed by atoms with E-state index in [1.807, 2.05) is 35.9 Å². The van der Waals surface area contributed by atoms with E-state index in [9.17, 15) is 4.79 Å². The summed E-state index contributed by atoms with van der Waals surface area (Å²) in [7, 11) is 3.19. The molecule has 2 aromatic rings. The molecule has 4 nitrogen and oxygen atoms in total. The Morgan fingerprint density at radius 1 is 1.15 bits per heavy atom. The molecule has 1 aromatic heterocycles. The Hall–Kier alpha value is -1.88. The molecule has 0 aliphatic heterocycles. The van der Waals surface area contributed by atoms with Gasteiger partial charge in [-0.1, -0.05) is 0 Å². The first-order valence-electron chi connectivity index (χ1n) is 6.16. The molecule has 0 spiro atoms. The van der Waals surface area contributed by atoms with Crippen LogP contribution in [0.15, 0.2) is 35.3 Å². The van der Waals surface area contributed by atoms with Gasteiger partial charge in [-0.2, -0.15) is 12.6 Å². The maximum Gasteiger partial charge on any atom is 0.185 e. The molecule has 0 bridgehead atoms. The molecule has 0 fully saturated rings. The Bertz CT molecular complexity index is 679. The summed E-state index contributed by atoms with van der Waals surface area (Å²) in [5.41, 5.74) is 2.43. The fraction of sp³-hybridized carbons (Fsp3) is 0.267. The zero-order chi connectivity index (χ0) is 14.7. The van der Waals surface area contributed by atoms with E-state index in [0.29, 0.717) is 22.8 Å². The van der Waals surface area contributed by atoms with Crippen molar-refractivity contribution in [1.82, 2.24) is 4.57 Å². The van der Waals surface area contributed by atoms with Gasteiger partial charge in [0.2, 0.25) is 0 Å². The van der Waals surface area contributed by atoms with Gasteiger partial charge < -0.3 is 14.0 Å². The number of rotatable bonds is 4. The number of nitrogens with zero attached hydrogens (tertiary/aromatic N) is 1. The lowest BCUT2D eigenvalue weighted by atomic mass is 10.2. The number of methoxy groups -OCH3 is 2. The molecule has 0 saturated carbocycles. The van der Waals surface area contributed by atoms with Crippen LogP contribution in [0.25, 0.3) is 5.69 Å². The van der Waals surface area contributed by atoms with Crippen LogP contribution in [-0.2, 0) is 5.75 Å². The Morgan fingerprint density at radius 3 is 2.45 bits per heavy atom. The largest absolute Gasteiger partial charge is 0.493 e. The Kier molecular flexibility index (Phi) is 4.39. The Morgan fingerprint density at radius 2 is 1.85 bits per heavy atom. The number of aromatic nitrogens is 1. The zero-order valence-electron chi connectivity index (χ0n) is 11.7. The van der Waals surface area contributed by atoms with Gasteiger partial charge in [0.05, 0.1) is 14.2 Å². The molecule has 1 aromatic carbocycles. The molecule has 0 amide bonds. The highest BCUT2D eigenvalue weighted by Crippen LogP contribution is 2.29. The summed E-state index contributed by atoms with van der Waals surface area (Å²) < 4.78 is 12.5. The van der Waals surface area contributed by atoms with Gasteiger partial charge in [0.1, 0.15) is 0 Å². The molecule has 0 aliphatic carbocycles. The lowest BCUT2D eigenvalue weighted by Crippen LogP contribution is -2.13. The van der Waals surface area contributed by atoms with E-state index in [-0.39, 0.29) is 5.43 Å². The minimum absolute atomic E-state index is 0.00854. The molecular formula is C15H17NO3S. The molecule has 0 unspecified atom stereocenters. The fourth-order valence-corrected chi connectivity index (χ4v) is 2.28. The molecular weight excluding hydrogens is 274 g/mol. The summed E-state index contributed by atoms with van der Waals surface area (Å²) in [4.78, 5) is 11.8. The van der Waals surface area contributed by atoms with Crippen molar-refractivity contribution in [2.45, 2.75) is 12.7 Å². The second-order valence-electron chi connectivity index (χ2n) is 4.37. The predicted octanol–water partition coefficient (Wildman–Crippen LogP) is 2.59. The predicted molar refractivity (Wildman–Crippen MR) is 82.6 cm³/mol. The fourth-order valence-electron chi connectivity index (χ4n) is 2.04. The van der Waals surface area contributed by atoms with Crippen molar-refractivity contribution >= 4 is 12.6 Å². The summed E-state index contributed by atoms with van der Waals surface area (Å²) in [5, 5.41) is 0. The second kappa shape index (κ2) is 6.05. The van der Waals surface area contributed by atoms with Gasteiger partial charge in [-0.15, -0.1) is 0 Å². The SMILES string of the molecule is COc1ccc(-n2cc(CS)c(=O)cc2C)cc1OC. The van der Waals surface area contributed by atoms with Gasteiger partial charge in [-0.05, 0) is 19.1 Å². The Labute approximate surface area is 123 Å². The van der Waals surface area contributed by atoms with Crippen LogP contribution in [0.5, 0.6) is 11.5 Å². The Balaban J connectivity index is 2.59. The third kappa shape index (κ3) is 2.67. The quantitative estimate of drug-likeness (QED) is 0.880. The van der Waals surface area contributed by atoms with E-state index in [4.69, 9.17) is 9.47 Å². The van der Waals surface area contributed by atoms with Crippen LogP contribution in [0.1, 0.15) is 11.3 Å². The van der Waals surface area contributed by atoms with Crippen LogP contribution in [0, 0.1) is 6.92 Å². The van der Waals surface area contributed by atoms with Gasteiger partial charge in [-0.3, -0.25) is 4.79 Å². The van der Waals surface area contributed by atoms with Crippen molar-refractivity contribution in [1.29, 1.82) is 0 Å². The van der Waals surface area contributed by atoms with E-state index in [0.717, 1.165) is 11.4 Å². The van der Waals surface area contributed by atoms with Crippen molar-refractivity contribution in [3.8, 4) is 17.2 Å². The van der Waals surface area contributed by atoms with Crippen molar-refractivity contribution in [2.24, 2.45) is 0 Å². The van der Waals surface area contributed by atoms with Gasteiger partial charge in [0.15, 0.2) is 16.9 Å². The number of aryl methyl sites for hydroxylation is 1. The molecule has 2 rings (SSSR count). The summed E-state index contributed by atoms with van der Waals surface area (Å²) in [6, 6.07) is 7.24. The van der Waals surface area contributed by atoms with Crippen LogP contribution in [0.3, 0.4) is 0 Å². The zero-order valence-corrected chi connectivity index (χ0v) is 12.6. The topological polar surface area (TPSA) is 40.5 Å². The van der Waals surface area contributed by atoms with Crippen molar-refractivity contribution in [3.05, 3.63) is 51.9 Å². The molecule has 1 heterocycles. The lowest BCUT2D eigenvalue weighted by molar-refractivity contribution is 0.355. The average molecular weight is 291 g/mol. The average Bonchev–Trinajstić information content (AvgIpc) is 2.46. The monoisotopic (exact) mass is 291 g/mol. The van der Waals surface area contributed by atoms with Gasteiger partial charge in [-0.25, -0.2) is 0 Å². The summed E-state index contributed by atoms with van der Waals surface area (Å²) in [6.45, 7) is 1.89. The van der Waals surface area contributed by atoms with Crippen molar-refractivity contribution in [2.75, 3.05) is 14.2 Å². The lowest BCUT2D eigenvalue weighted by Gasteiger charge is -2.14. The smallest absolute Gasteiger partial charge is 0.185 e. The van der Waals surface area contributed by atoms with Crippen molar-refractivity contribution in [3.63, 3.8) is 0 Å². The second-order valence-corrected chi connectivity index (χ2v) is 4.69. The minimum atomic E-state index is 0.00854. The van der Waals surface area contributed by atoms with E-state index in [1.54, 1.807) is 20.3 Å². The normalized spacial score (nSPS) is 10.4. The van der Waals surface area contributed by atoms with E-state index >= 15 is 0 Å². The van der Waals surface area contributed by atoms with Crippen LogP contribution in [0.4, 0.5) is 0 Å². The maximum atomic E-state index is 11.8. The number of pyridine rings is 1. The highest BCUT2D eigenvalue weighted by atomic mass is 32.1. The highest BCUT2D eigenvalue weighted by Gasteiger charge is 2.08. The van der Waals surface area contributed by atoms with E-state index < -0.39 is 0 Å². The number of ether oxygens (including phenoxy) is 2. The van der Waals surface area contributed by atoms with Crippen LogP contribution < -0.4 is 14.9 Å². The first-order valence-corrected chi connectivity index (χ1v) is 6.79. The number of benzene rings is 1. The van der Waals surface area contributed by atoms with Gasteiger partial charge >= 0.3 is 0 Å². The molecule has 0 aliphatic rings. The van der Waals surface area contributed by atoms with Gasteiger partial charge in [0, 0.05) is 41.0 Å².